The second kappa shape index (κ2) is 8.35. The molecule has 0 atom stereocenters. The predicted octanol–water partition coefficient (Wildman–Crippen LogP) is 4.76. The van der Waals surface area contributed by atoms with Crippen LogP contribution in [0.4, 0.5) is 24.8 Å². The fourth-order valence-electron chi connectivity index (χ4n) is 2.21. The fraction of sp³-hybridized carbons (Fsp3) is 0.353. The summed E-state index contributed by atoms with van der Waals surface area (Å²) >= 11 is 5.66. The maximum atomic E-state index is 13.2. The van der Waals surface area contributed by atoms with E-state index in [-0.39, 0.29) is 28.3 Å². The van der Waals surface area contributed by atoms with E-state index in [4.69, 9.17) is 11.6 Å². The first kappa shape index (κ1) is 20.0. The molecule has 0 aliphatic heterocycles. The molecule has 1 heterocycles. The number of nitrogens with one attached hydrogen (secondary N) is 1. The molecule has 0 saturated carbocycles. The number of rotatable bonds is 6. The Balaban J connectivity index is 2.26. The van der Waals surface area contributed by atoms with Gasteiger partial charge in [0.2, 0.25) is 5.95 Å². The quantitative estimate of drug-likeness (QED) is 0.777. The Morgan fingerprint density at radius 1 is 1.31 bits per heavy atom. The summed E-state index contributed by atoms with van der Waals surface area (Å²) in [5.74, 6) is -0.427. The first-order valence-electron chi connectivity index (χ1n) is 7.94. The van der Waals surface area contributed by atoms with Gasteiger partial charge in [0.1, 0.15) is 5.69 Å². The molecule has 0 bridgehead atoms. The van der Waals surface area contributed by atoms with Crippen LogP contribution in [-0.4, -0.2) is 34.4 Å². The number of hydrogen-bond donors (Lipinski definition) is 1. The van der Waals surface area contributed by atoms with Crippen molar-refractivity contribution < 1.29 is 18.0 Å². The summed E-state index contributed by atoms with van der Waals surface area (Å²) in [7, 11) is 1.65. The Labute approximate surface area is 154 Å². The smallest absolute Gasteiger partial charge is 0.340 e. The van der Waals surface area contributed by atoms with Crippen LogP contribution >= 0.6 is 11.6 Å². The van der Waals surface area contributed by atoms with Crippen molar-refractivity contribution in [2.24, 2.45) is 0 Å². The molecule has 0 spiro atoms. The van der Waals surface area contributed by atoms with Gasteiger partial charge in [0.05, 0.1) is 11.3 Å². The van der Waals surface area contributed by atoms with E-state index in [1.807, 2.05) is 6.92 Å². The van der Waals surface area contributed by atoms with E-state index < -0.39 is 11.7 Å². The molecular weight excluding hydrogens is 369 g/mol. The Morgan fingerprint density at radius 3 is 2.69 bits per heavy atom. The van der Waals surface area contributed by atoms with E-state index in [0.29, 0.717) is 6.54 Å². The van der Waals surface area contributed by atoms with E-state index in [1.165, 1.54) is 29.3 Å². The average Bonchev–Trinajstić information content (AvgIpc) is 2.60. The van der Waals surface area contributed by atoms with Crippen molar-refractivity contribution >= 4 is 29.1 Å². The maximum absolute atomic E-state index is 13.2. The minimum Gasteiger partial charge on any atom is -0.340 e. The number of halogens is 4. The van der Waals surface area contributed by atoms with Gasteiger partial charge in [-0.05, 0) is 30.7 Å². The van der Waals surface area contributed by atoms with Crippen LogP contribution in [0.2, 0.25) is 5.02 Å². The maximum Gasteiger partial charge on any atom is 0.418 e. The normalized spacial score (nSPS) is 11.3. The minimum absolute atomic E-state index is 0.0368. The van der Waals surface area contributed by atoms with Crippen molar-refractivity contribution in [1.82, 2.24) is 14.9 Å². The van der Waals surface area contributed by atoms with Gasteiger partial charge in [-0.2, -0.15) is 13.2 Å². The molecular formula is C17H18ClF3N4O. The van der Waals surface area contributed by atoms with Crippen LogP contribution in [0.15, 0.2) is 30.5 Å². The van der Waals surface area contributed by atoms with Gasteiger partial charge in [-0.15, -0.1) is 0 Å². The van der Waals surface area contributed by atoms with Crippen molar-refractivity contribution in [3.8, 4) is 0 Å². The molecule has 26 heavy (non-hydrogen) atoms. The molecule has 0 unspecified atom stereocenters. The molecule has 1 aromatic heterocycles. The molecule has 0 aliphatic rings. The minimum atomic E-state index is -4.60. The molecule has 2 rings (SSSR count). The van der Waals surface area contributed by atoms with E-state index in [1.54, 1.807) is 7.05 Å². The molecule has 140 valence electrons. The lowest BCUT2D eigenvalue weighted by Crippen LogP contribution is -2.28. The number of anilines is 2. The van der Waals surface area contributed by atoms with Gasteiger partial charge in [-0.3, -0.25) is 4.79 Å². The van der Waals surface area contributed by atoms with Crippen LogP contribution in [0.1, 0.15) is 35.8 Å². The number of carbonyl (C=O) groups is 1. The van der Waals surface area contributed by atoms with E-state index in [9.17, 15) is 18.0 Å². The molecule has 2 aromatic rings. The molecule has 0 aliphatic carbocycles. The number of hydrogen-bond acceptors (Lipinski definition) is 4. The van der Waals surface area contributed by atoms with Crippen LogP contribution < -0.4 is 5.32 Å². The zero-order valence-corrected chi connectivity index (χ0v) is 15.0. The highest BCUT2D eigenvalue weighted by atomic mass is 35.5. The summed E-state index contributed by atoms with van der Waals surface area (Å²) < 4.78 is 39.5. The lowest BCUT2D eigenvalue weighted by molar-refractivity contribution is -0.136. The summed E-state index contributed by atoms with van der Waals surface area (Å²) in [6.07, 6.45) is -1.50. The fourth-order valence-corrected chi connectivity index (χ4v) is 2.38. The molecule has 0 radical (unpaired) electrons. The Morgan fingerprint density at radius 2 is 2.04 bits per heavy atom. The Kier molecular flexibility index (Phi) is 6.42. The summed E-state index contributed by atoms with van der Waals surface area (Å²) in [5, 5.41) is 2.48. The first-order valence-corrected chi connectivity index (χ1v) is 8.32. The van der Waals surface area contributed by atoms with Crippen LogP contribution in [0.25, 0.3) is 0 Å². The molecule has 5 nitrogen and oxygen atoms in total. The van der Waals surface area contributed by atoms with E-state index >= 15 is 0 Å². The van der Waals surface area contributed by atoms with Crippen LogP contribution in [-0.2, 0) is 6.18 Å². The second-order valence-corrected chi connectivity index (χ2v) is 6.09. The summed E-state index contributed by atoms with van der Waals surface area (Å²) in [4.78, 5) is 21.8. The monoisotopic (exact) mass is 386 g/mol. The van der Waals surface area contributed by atoms with Gasteiger partial charge in [0.15, 0.2) is 0 Å². The first-order chi connectivity index (χ1) is 12.2. The Bertz CT molecular complexity index is 783. The molecule has 9 heteroatoms. The van der Waals surface area contributed by atoms with Crippen LogP contribution in [0, 0.1) is 0 Å². The van der Waals surface area contributed by atoms with Gasteiger partial charge >= 0.3 is 6.18 Å². The van der Waals surface area contributed by atoms with Crippen LogP contribution in [0.5, 0.6) is 0 Å². The van der Waals surface area contributed by atoms with Gasteiger partial charge < -0.3 is 10.2 Å². The lowest BCUT2D eigenvalue weighted by Gasteiger charge is -2.17. The van der Waals surface area contributed by atoms with E-state index in [0.717, 1.165) is 18.9 Å². The van der Waals surface area contributed by atoms with Crippen molar-refractivity contribution in [1.29, 1.82) is 0 Å². The standard InChI is InChI=1S/C17H18ClF3N4O/c1-3-4-9-25(2)15(26)14-7-8-22-16(24-14)23-13-6-5-11(18)10-12(13)17(19,20)21/h5-8,10H,3-4,9H2,1-2H3,(H,22,23,24). The molecule has 0 saturated heterocycles. The number of unbranched alkanes of at least 4 members (excludes halogenated alkanes) is 1. The predicted molar refractivity (Wildman–Crippen MR) is 93.6 cm³/mol. The number of alkyl halides is 3. The largest absolute Gasteiger partial charge is 0.418 e. The van der Waals surface area contributed by atoms with Crippen molar-refractivity contribution in [3.63, 3.8) is 0 Å². The number of nitrogens with zero attached hydrogens (tertiary/aromatic N) is 3. The molecule has 1 aromatic carbocycles. The average molecular weight is 387 g/mol. The summed E-state index contributed by atoms with van der Waals surface area (Å²) in [5.41, 5.74) is -1.08. The number of benzene rings is 1. The zero-order chi connectivity index (χ0) is 19.3. The number of carbonyl (C=O) groups excluding carboxylic acids is 1. The van der Waals surface area contributed by atoms with Gasteiger partial charge in [-0.1, -0.05) is 24.9 Å². The number of aromatic nitrogens is 2. The summed E-state index contributed by atoms with van der Waals surface area (Å²) in [6, 6.07) is 4.75. The second-order valence-electron chi connectivity index (χ2n) is 5.66. The van der Waals surface area contributed by atoms with Gasteiger partial charge in [0.25, 0.3) is 5.91 Å². The van der Waals surface area contributed by atoms with Crippen molar-refractivity contribution in [2.75, 3.05) is 18.9 Å². The topological polar surface area (TPSA) is 58.1 Å². The van der Waals surface area contributed by atoms with Crippen molar-refractivity contribution in [3.05, 3.63) is 46.7 Å². The Hall–Kier alpha value is -2.35. The highest BCUT2D eigenvalue weighted by molar-refractivity contribution is 6.30. The zero-order valence-electron chi connectivity index (χ0n) is 14.3. The van der Waals surface area contributed by atoms with Crippen LogP contribution in [0.3, 0.4) is 0 Å². The van der Waals surface area contributed by atoms with Gasteiger partial charge in [-0.25, -0.2) is 9.97 Å². The summed E-state index contributed by atoms with van der Waals surface area (Å²) in [6.45, 7) is 2.58. The van der Waals surface area contributed by atoms with Crippen molar-refractivity contribution in [2.45, 2.75) is 25.9 Å². The third-order valence-corrected chi connectivity index (χ3v) is 3.84. The van der Waals surface area contributed by atoms with E-state index in [2.05, 4.69) is 15.3 Å². The lowest BCUT2D eigenvalue weighted by atomic mass is 10.1. The molecule has 0 fully saturated rings. The third kappa shape index (κ3) is 5.08. The molecule has 1 amide bonds. The third-order valence-electron chi connectivity index (χ3n) is 3.60. The van der Waals surface area contributed by atoms with Gasteiger partial charge in [0, 0.05) is 24.8 Å². The molecule has 1 N–H and O–H groups in total. The SMILES string of the molecule is CCCCN(C)C(=O)c1ccnc(Nc2ccc(Cl)cc2C(F)(F)F)n1. The number of amides is 1. The highest BCUT2D eigenvalue weighted by Gasteiger charge is 2.34. The highest BCUT2D eigenvalue weighted by Crippen LogP contribution is 2.37.